The van der Waals surface area contributed by atoms with E-state index in [1.54, 1.807) is 24.3 Å². The molecule has 0 saturated carbocycles. The molecule has 198 valence electrons. The lowest BCUT2D eigenvalue weighted by Gasteiger charge is -2.19. The van der Waals surface area contributed by atoms with E-state index >= 15 is 0 Å². The van der Waals surface area contributed by atoms with Crippen LogP contribution in [0.3, 0.4) is 0 Å². The number of rotatable bonds is 16. The van der Waals surface area contributed by atoms with Crippen molar-refractivity contribution in [2.24, 2.45) is 5.92 Å². The number of hydrogen-bond acceptors (Lipinski definition) is 3. The average Bonchev–Trinajstić information content (AvgIpc) is 2.90. The zero-order valence-electron chi connectivity index (χ0n) is 22.2. The first-order valence-corrected chi connectivity index (χ1v) is 13.9. The first-order chi connectivity index (χ1) is 18.0. The van der Waals surface area contributed by atoms with Crippen LogP contribution < -0.4 is 0 Å². The highest BCUT2D eigenvalue weighted by Crippen LogP contribution is 2.37. The van der Waals surface area contributed by atoms with Crippen molar-refractivity contribution in [2.75, 3.05) is 0 Å². The van der Waals surface area contributed by atoms with Gasteiger partial charge in [0.1, 0.15) is 11.5 Å². The van der Waals surface area contributed by atoms with Crippen LogP contribution in [0.1, 0.15) is 83.1 Å². The van der Waals surface area contributed by atoms with Gasteiger partial charge in [-0.1, -0.05) is 114 Å². The van der Waals surface area contributed by atoms with E-state index in [0.29, 0.717) is 12.8 Å². The summed E-state index contributed by atoms with van der Waals surface area (Å²) in [5, 5.41) is 29.6. The molecule has 37 heavy (non-hydrogen) atoms. The number of carboxylic acids is 1. The Morgan fingerprint density at radius 3 is 1.73 bits per heavy atom. The molecule has 0 aromatic heterocycles. The molecule has 0 heterocycles. The van der Waals surface area contributed by atoms with Crippen LogP contribution in [0, 0.1) is 5.92 Å². The van der Waals surface area contributed by atoms with Gasteiger partial charge in [-0.15, -0.1) is 0 Å². The number of hydrogen-bond donors (Lipinski definition) is 3. The number of phenolic OH excluding ortho intramolecular Hbond substituents is 2. The Kier molecular flexibility index (Phi) is 11.5. The molecular formula is C33H42O4. The van der Waals surface area contributed by atoms with E-state index in [2.05, 4.69) is 6.92 Å². The zero-order valence-corrected chi connectivity index (χ0v) is 22.2. The van der Waals surface area contributed by atoms with Gasteiger partial charge in [0.05, 0.1) is 5.92 Å². The van der Waals surface area contributed by atoms with E-state index in [1.165, 1.54) is 51.4 Å². The third-order valence-electron chi connectivity index (χ3n) is 7.21. The van der Waals surface area contributed by atoms with Gasteiger partial charge in [-0.05, 0) is 64.9 Å². The van der Waals surface area contributed by atoms with Crippen LogP contribution in [-0.2, 0) is 11.2 Å². The standard InChI is InChI=1S/C33H42O4/c1-2-3-4-5-6-7-8-9-10-11-13-28(33(36)37)24-27-14-12-15-31(25-16-20-29(34)21-17-25)32(27)26-18-22-30(35)23-19-26/h12,14-23,28,34-35H,2-11,13,24H2,1H3,(H,36,37). The number of aliphatic carboxylic acids is 1. The summed E-state index contributed by atoms with van der Waals surface area (Å²) >= 11 is 0. The fourth-order valence-corrected chi connectivity index (χ4v) is 5.08. The van der Waals surface area contributed by atoms with Gasteiger partial charge in [0.25, 0.3) is 0 Å². The molecule has 3 N–H and O–H groups in total. The minimum Gasteiger partial charge on any atom is -0.508 e. The van der Waals surface area contributed by atoms with E-state index in [-0.39, 0.29) is 11.5 Å². The molecule has 4 heteroatoms. The maximum Gasteiger partial charge on any atom is 0.306 e. The van der Waals surface area contributed by atoms with Gasteiger partial charge in [0.15, 0.2) is 0 Å². The summed E-state index contributed by atoms with van der Waals surface area (Å²) in [6, 6.07) is 20.1. The Morgan fingerprint density at radius 1 is 0.676 bits per heavy atom. The maximum atomic E-state index is 12.2. The van der Waals surface area contributed by atoms with Gasteiger partial charge < -0.3 is 15.3 Å². The second-order valence-electron chi connectivity index (χ2n) is 10.1. The second-order valence-corrected chi connectivity index (χ2v) is 10.1. The lowest BCUT2D eigenvalue weighted by atomic mass is 9.85. The van der Waals surface area contributed by atoms with Crippen molar-refractivity contribution in [3.63, 3.8) is 0 Å². The van der Waals surface area contributed by atoms with Gasteiger partial charge in [0, 0.05) is 0 Å². The fourth-order valence-electron chi connectivity index (χ4n) is 5.08. The number of unbranched alkanes of at least 4 members (excludes halogenated alkanes) is 9. The van der Waals surface area contributed by atoms with Crippen molar-refractivity contribution in [3.8, 4) is 33.8 Å². The van der Waals surface area contributed by atoms with Crippen LogP contribution in [0.15, 0.2) is 66.7 Å². The minimum absolute atomic E-state index is 0.191. The van der Waals surface area contributed by atoms with Crippen LogP contribution in [0.2, 0.25) is 0 Å². The minimum atomic E-state index is -0.748. The van der Waals surface area contributed by atoms with Crippen LogP contribution >= 0.6 is 0 Å². The highest BCUT2D eigenvalue weighted by atomic mass is 16.4. The Labute approximate surface area is 222 Å². The van der Waals surface area contributed by atoms with E-state index in [9.17, 15) is 20.1 Å². The predicted molar refractivity (Wildman–Crippen MR) is 152 cm³/mol. The summed E-state index contributed by atoms with van der Waals surface area (Å²) in [5.41, 5.74) is 4.81. The molecule has 0 aliphatic heterocycles. The van der Waals surface area contributed by atoms with Crippen molar-refractivity contribution < 1.29 is 20.1 Å². The van der Waals surface area contributed by atoms with E-state index in [1.807, 2.05) is 42.5 Å². The summed E-state index contributed by atoms with van der Waals surface area (Å²) in [6.45, 7) is 2.24. The molecule has 0 spiro atoms. The quantitative estimate of drug-likeness (QED) is 0.171. The summed E-state index contributed by atoms with van der Waals surface area (Å²) in [4.78, 5) is 12.2. The first kappa shape index (κ1) is 28.3. The molecule has 0 saturated heterocycles. The van der Waals surface area contributed by atoms with E-state index in [4.69, 9.17) is 0 Å². The smallest absolute Gasteiger partial charge is 0.306 e. The lowest BCUT2D eigenvalue weighted by molar-refractivity contribution is -0.142. The molecule has 0 bridgehead atoms. The summed E-state index contributed by atoms with van der Waals surface area (Å²) in [7, 11) is 0. The summed E-state index contributed by atoms with van der Waals surface area (Å²) < 4.78 is 0. The lowest BCUT2D eigenvalue weighted by Crippen LogP contribution is -2.17. The molecule has 3 rings (SSSR count). The molecule has 1 unspecified atom stereocenters. The molecule has 0 radical (unpaired) electrons. The first-order valence-electron chi connectivity index (χ1n) is 13.9. The fraction of sp³-hybridized carbons (Fsp3) is 0.424. The molecule has 3 aromatic carbocycles. The summed E-state index contributed by atoms with van der Waals surface area (Å²) in [5.74, 6) is -0.798. The highest BCUT2D eigenvalue weighted by molar-refractivity contribution is 5.86. The van der Waals surface area contributed by atoms with Crippen molar-refractivity contribution in [2.45, 2.75) is 84.0 Å². The van der Waals surface area contributed by atoms with Gasteiger partial charge in [-0.3, -0.25) is 4.79 Å². The molecule has 3 aromatic rings. The highest BCUT2D eigenvalue weighted by Gasteiger charge is 2.21. The SMILES string of the molecule is CCCCCCCCCCCCC(Cc1cccc(-c2ccc(O)cc2)c1-c1ccc(O)cc1)C(=O)O. The van der Waals surface area contributed by atoms with Gasteiger partial charge in [-0.2, -0.15) is 0 Å². The van der Waals surface area contributed by atoms with Crippen LogP contribution in [0.25, 0.3) is 22.3 Å². The van der Waals surface area contributed by atoms with Crippen molar-refractivity contribution in [3.05, 3.63) is 72.3 Å². The van der Waals surface area contributed by atoms with Gasteiger partial charge in [-0.25, -0.2) is 0 Å². The van der Waals surface area contributed by atoms with Crippen LogP contribution in [0.4, 0.5) is 0 Å². The largest absolute Gasteiger partial charge is 0.508 e. The van der Waals surface area contributed by atoms with E-state index < -0.39 is 11.9 Å². The van der Waals surface area contributed by atoms with Gasteiger partial charge in [0.2, 0.25) is 0 Å². The number of phenols is 2. The molecule has 0 fully saturated rings. The monoisotopic (exact) mass is 502 g/mol. The Balaban J connectivity index is 1.70. The van der Waals surface area contributed by atoms with Crippen molar-refractivity contribution in [1.29, 1.82) is 0 Å². The Morgan fingerprint density at radius 2 is 1.19 bits per heavy atom. The molecule has 0 aliphatic carbocycles. The average molecular weight is 503 g/mol. The molecular weight excluding hydrogens is 460 g/mol. The zero-order chi connectivity index (χ0) is 26.5. The number of benzene rings is 3. The second kappa shape index (κ2) is 15.1. The number of aromatic hydroxyl groups is 2. The topological polar surface area (TPSA) is 77.8 Å². The van der Waals surface area contributed by atoms with Crippen LogP contribution in [0.5, 0.6) is 11.5 Å². The molecule has 0 aliphatic rings. The third kappa shape index (κ3) is 8.96. The predicted octanol–water partition coefficient (Wildman–Crippen LogP) is 8.99. The Hall–Kier alpha value is -3.27. The normalized spacial score (nSPS) is 11.9. The maximum absolute atomic E-state index is 12.2. The number of carboxylic acid groups (broad SMARTS) is 1. The molecule has 0 amide bonds. The van der Waals surface area contributed by atoms with E-state index in [0.717, 1.165) is 40.7 Å². The summed E-state index contributed by atoms with van der Waals surface area (Å²) in [6.07, 6.45) is 13.4. The van der Waals surface area contributed by atoms with Crippen LogP contribution in [-0.4, -0.2) is 21.3 Å². The molecule has 1 atom stereocenters. The van der Waals surface area contributed by atoms with Gasteiger partial charge >= 0.3 is 5.97 Å². The van der Waals surface area contributed by atoms with Crippen molar-refractivity contribution >= 4 is 5.97 Å². The number of carbonyl (C=O) groups is 1. The molecule has 4 nitrogen and oxygen atoms in total. The third-order valence-corrected chi connectivity index (χ3v) is 7.21. The van der Waals surface area contributed by atoms with Crippen molar-refractivity contribution in [1.82, 2.24) is 0 Å². The Bertz CT molecular complexity index is 1090.